The van der Waals surface area contributed by atoms with E-state index in [0.717, 1.165) is 12.5 Å². The molecule has 0 spiro atoms. The van der Waals surface area contributed by atoms with Crippen LogP contribution in [0.4, 0.5) is 0 Å². The maximum atomic E-state index is 4.50. The predicted octanol–water partition coefficient (Wildman–Crippen LogP) is 2.57. The second kappa shape index (κ2) is 5.26. The maximum absolute atomic E-state index is 4.50. The summed E-state index contributed by atoms with van der Waals surface area (Å²) in [4.78, 5) is 4.50. The Labute approximate surface area is 92.1 Å². The van der Waals surface area contributed by atoms with E-state index in [4.69, 9.17) is 0 Å². The first-order valence-corrected chi connectivity index (χ1v) is 6.03. The molecule has 2 nitrogen and oxygen atoms in total. The zero-order chi connectivity index (χ0) is 10.5. The Balaban J connectivity index is 2.09. The summed E-state index contributed by atoms with van der Waals surface area (Å²) in [6.45, 7) is 4.62. The Kier molecular flexibility index (Phi) is 3.73. The smallest absolute Gasteiger partial charge is 0.0437 e. The lowest BCUT2D eigenvalue weighted by atomic mass is 9.82. The van der Waals surface area contributed by atoms with Gasteiger partial charge in [0.1, 0.15) is 0 Å². The first-order valence-electron chi connectivity index (χ1n) is 6.03. The molecule has 2 unspecified atom stereocenters. The number of nitrogens with zero attached hydrogens (tertiary/aromatic N) is 1. The predicted molar refractivity (Wildman–Crippen MR) is 62.9 cm³/mol. The molecule has 0 amide bonds. The highest BCUT2D eigenvalue weighted by Gasteiger charge is 2.23. The van der Waals surface area contributed by atoms with Gasteiger partial charge in [-0.1, -0.05) is 13.0 Å². The Morgan fingerprint density at radius 3 is 3.07 bits per heavy atom. The molecule has 15 heavy (non-hydrogen) atoms. The molecule has 1 aromatic heterocycles. The average Bonchev–Trinajstić information content (AvgIpc) is 2.33. The maximum Gasteiger partial charge on any atom is 0.0437 e. The van der Waals surface area contributed by atoms with Crippen LogP contribution in [0, 0.1) is 5.92 Å². The minimum Gasteiger partial charge on any atom is -0.316 e. The fourth-order valence-electron chi connectivity index (χ4n) is 2.60. The van der Waals surface area contributed by atoms with Crippen LogP contribution in [0.5, 0.6) is 0 Å². The summed E-state index contributed by atoms with van der Waals surface area (Å²) in [7, 11) is 0. The van der Waals surface area contributed by atoms with Crippen molar-refractivity contribution in [2.75, 3.05) is 13.1 Å². The lowest BCUT2D eigenvalue weighted by molar-refractivity contribution is 0.313. The molecular formula is C13H20N2. The molecule has 2 heterocycles. The molecule has 1 aliphatic rings. The van der Waals surface area contributed by atoms with Crippen molar-refractivity contribution < 1.29 is 0 Å². The van der Waals surface area contributed by atoms with E-state index in [0.29, 0.717) is 5.92 Å². The van der Waals surface area contributed by atoms with Crippen molar-refractivity contribution in [3.63, 3.8) is 0 Å². The second-order valence-electron chi connectivity index (χ2n) is 4.38. The molecule has 1 saturated heterocycles. The van der Waals surface area contributed by atoms with Gasteiger partial charge in [0.25, 0.3) is 0 Å². The summed E-state index contributed by atoms with van der Waals surface area (Å²) in [5.74, 6) is 1.41. The summed E-state index contributed by atoms with van der Waals surface area (Å²) in [6.07, 6.45) is 5.77. The molecule has 0 radical (unpaired) electrons. The van der Waals surface area contributed by atoms with Crippen LogP contribution in [0.1, 0.15) is 37.8 Å². The second-order valence-corrected chi connectivity index (χ2v) is 4.38. The Morgan fingerprint density at radius 2 is 2.47 bits per heavy atom. The molecule has 1 fully saturated rings. The van der Waals surface area contributed by atoms with Gasteiger partial charge in [0, 0.05) is 17.8 Å². The molecule has 1 aromatic rings. The van der Waals surface area contributed by atoms with Crippen LogP contribution in [0.2, 0.25) is 0 Å². The van der Waals surface area contributed by atoms with Gasteiger partial charge in [-0.15, -0.1) is 0 Å². The highest BCUT2D eigenvalue weighted by molar-refractivity contribution is 5.11. The van der Waals surface area contributed by atoms with Crippen LogP contribution in [-0.2, 0) is 0 Å². The molecular weight excluding hydrogens is 184 g/mol. The van der Waals surface area contributed by atoms with Crippen LogP contribution < -0.4 is 5.32 Å². The van der Waals surface area contributed by atoms with Gasteiger partial charge in [-0.3, -0.25) is 4.98 Å². The van der Waals surface area contributed by atoms with E-state index in [9.17, 15) is 0 Å². The standard InChI is InChI=1S/C13H20N2/c1-2-12(11-6-5-8-14-10-11)13-7-3-4-9-15-13/h3-4,7,9,11-12,14H,2,5-6,8,10H2,1H3. The lowest BCUT2D eigenvalue weighted by Crippen LogP contribution is -2.33. The highest BCUT2D eigenvalue weighted by atomic mass is 14.9. The molecule has 2 rings (SSSR count). The monoisotopic (exact) mass is 204 g/mol. The van der Waals surface area contributed by atoms with Crippen molar-refractivity contribution >= 4 is 0 Å². The number of aromatic nitrogens is 1. The number of hydrogen-bond donors (Lipinski definition) is 1. The van der Waals surface area contributed by atoms with Gasteiger partial charge in [0.05, 0.1) is 0 Å². The first kappa shape index (κ1) is 10.6. The van der Waals surface area contributed by atoms with E-state index in [1.165, 1.54) is 31.5 Å². The third-order valence-electron chi connectivity index (χ3n) is 3.41. The van der Waals surface area contributed by atoms with Gasteiger partial charge < -0.3 is 5.32 Å². The van der Waals surface area contributed by atoms with E-state index in [-0.39, 0.29) is 0 Å². The normalized spacial score (nSPS) is 23.7. The number of pyridine rings is 1. The van der Waals surface area contributed by atoms with Crippen molar-refractivity contribution in [1.29, 1.82) is 0 Å². The zero-order valence-electron chi connectivity index (χ0n) is 9.45. The van der Waals surface area contributed by atoms with E-state index in [1.54, 1.807) is 0 Å². The molecule has 2 heteroatoms. The van der Waals surface area contributed by atoms with Gasteiger partial charge in [0.15, 0.2) is 0 Å². The fourth-order valence-corrected chi connectivity index (χ4v) is 2.60. The van der Waals surface area contributed by atoms with Gasteiger partial charge in [-0.05, 0) is 50.4 Å². The molecule has 1 N–H and O–H groups in total. The van der Waals surface area contributed by atoms with Crippen molar-refractivity contribution in [2.45, 2.75) is 32.1 Å². The summed E-state index contributed by atoms with van der Waals surface area (Å²) < 4.78 is 0. The number of piperidine rings is 1. The molecule has 1 aliphatic heterocycles. The minimum absolute atomic E-state index is 0.638. The molecule has 0 aromatic carbocycles. The average molecular weight is 204 g/mol. The summed E-state index contributed by atoms with van der Waals surface area (Å²) >= 11 is 0. The van der Waals surface area contributed by atoms with E-state index in [2.05, 4.69) is 29.4 Å². The van der Waals surface area contributed by atoms with E-state index < -0.39 is 0 Å². The molecule has 0 aliphatic carbocycles. The Bertz CT molecular complexity index is 278. The molecule has 2 atom stereocenters. The zero-order valence-corrected chi connectivity index (χ0v) is 9.45. The number of hydrogen-bond acceptors (Lipinski definition) is 2. The van der Waals surface area contributed by atoms with E-state index in [1.807, 2.05) is 12.3 Å². The molecule has 0 bridgehead atoms. The minimum atomic E-state index is 0.638. The third kappa shape index (κ3) is 2.57. The van der Waals surface area contributed by atoms with Crippen molar-refractivity contribution in [3.05, 3.63) is 30.1 Å². The summed E-state index contributed by atoms with van der Waals surface area (Å²) in [5, 5.41) is 3.49. The largest absolute Gasteiger partial charge is 0.316 e. The van der Waals surface area contributed by atoms with Crippen LogP contribution in [0.3, 0.4) is 0 Å². The lowest BCUT2D eigenvalue weighted by Gasteiger charge is -2.29. The highest BCUT2D eigenvalue weighted by Crippen LogP contribution is 2.30. The molecule has 82 valence electrons. The SMILES string of the molecule is CCC(c1ccccn1)C1CCCNC1. The fraction of sp³-hybridized carbons (Fsp3) is 0.615. The number of rotatable bonds is 3. The Morgan fingerprint density at radius 1 is 1.53 bits per heavy atom. The van der Waals surface area contributed by atoms with E-state index >= 15 is 0 Å². The van der Waals surface area contributed by atoms with Gasteiger partial charge in [-0.25, -0.2) is 0 Å². The van der Waals surface area contributed by atoms with Gasteiger partial charge in [0.2, 0.25) is 0 Å². The van der Waals surface area contributed by atoms with Crippen molar-refractivity contribution in [2.24, 2.45) is 5.92 Å². The third-order valence-corrected chi connectivity index (χ3v) is 3.41. The topological polar surface area (TPSA) is 24.9 Å². The van der Waals surface area contributed by atoms with Crippen LogP contribution >= 0.6 is 0 Å². The van der Waals surface area contributed by atoms with Crippen molar-refractivity contribution in [3.8, 4) is 0 Å². The summed E-state index contributed by atoms with van der Waals surface area (Å²) in [6, 6.07) is 6.26. The molecule has 0 saturated carbocycles. The quantitative estimate of drug-likeness (QED) is 0.818. The van der Waals surface area contributed by atoms with Crippen LogP contribution in [0.15, 0.2) is 24.4 Å². The van der Waals surface area contributed by atoms with Gasteiger partial charge in [-0.2, -0.15) is 0 Å². The van der Waals surface area contributed by atoms with Crippen molar-refractivity contribution in [1.82, 2.24) is 10.3 Å². The summed E-state index contributed by atoms with van der Waals surface area (Å²) in [5.41, 5.74) is 1.27. The number of nitrogens with one attached hydrogen (secondary N) is 1. The Hall–Kier alpha value is -0.890. The van der Waals surface area contributed by atoms with Gasteiger partial charge >= 0.3 is 0 Å². The first-order chi connectivity index (χ1) is 7.42. The van der Waals surface area contributed by atoms with Crippen LogP contribution in [0.25, 0.3) is 0 Å². The van der Waals surface area contributed by atoms with Crippen LogP contribution in [-0.4, -0.2) is 18.1 Å².